The molecule has 0 aliphatic carbocycles. The number of thiophene rings is 1. The number of carbonyl (C=O) groups excluding carboxylic acids is 2. The van der Waals surface area contributed by atoms with E-state index in [1.54, 1.807) is 28.4 Å². The van der Waals surface area contributed by atoms with Gasteiger partial charge in [0.15, 0.2) is 0 Å². The highest BCUT2D eigenvalue weighted by atomic mass is 32.1. The Hall–Kier alpha value is -2.92. The van der Waals surface area contributed by atoms with E-state index in [9.17, 15) is 9.59 Å². The van der Waals surface area contributed by atoms with Crippen LogP contribution in [0, 0.1) is 0 Å². The highest BCUT2D eigenvalue weighted by Crippen LogP contribution is 2.33. The standard InChI is InChI=1S/C21H18N2O2S/c24-20(22-14-17-10-6-12-26-17)19-13-16-9-4-5-11-18(16)23(19)21(25)15-7-2-1-3-8-15/h1-12,19H,13-14H2,(H,22,24)/t19-/m0/s1. The molecular formula is C21H18N2O2S. The van der Waals surface area contributed by atoms with Gasteiger partial charge in [-0.3, -0.25) is 14.5 Å². The second-order valence-electron chi connectivity index (χ2n) is 6.19. The average Bonchev–Trinajstić information content (AvgIpc) is 3.34. The predicted octanol–water partition coefficient (Wildman–Crippen LogP) is 3.64. The molecule has 2 aromatic carbocycles. The number of fused-ring (bicyclic) bond motifs is 1. The van der Waals surface area contributed by atoms with Crippen LogP contribution in [-0.2, 0) is 17.8 Å². The van der Waals surface area contributed by atoms with Crippen LogP contribution in [0.15, 0.2) is 72.1 Å². The highest BCUT2D eigenvalue weighted by Gasteiger charge is 2.38. The molecule has 4 nitrogen and oxygen atoms in total. The SMILES string of the molecule is O=C(NCc1cccs1)[C@@H]1Cc2ccccc2N1C(=O)c1ccccc1. The van der Waals surface area contributed by atoms with Crippen LogP contribution in [0.1, 0.15) is 20.8 Å². The molecule has 0 unspecified atom stereocenters. The molecule has 130 valence electrons. The van der Waals surface area contributed by atoms with E-state index in [0.29, 0.717) is 18.5 Å². The third kappa shape index (κ3) is 3.13. The van der Waals surface area contributed by atoms with E-state index in [2.05, 4.69) is 5.32 Å². The molecule has 4 rings (SSSR count). The summed E-state index contributed by atoms with van der Waals surface area (Å²) in [6.07, 6.45) is 0.533. The molecule has 1 aliphatic heterocycles. The van der Waals surface area contributed by atoms with E-state index in [4.69, 9.17) is 0 Å². The van der Waals surface area contributed by atoms with Crippen molar-refractivity contribution in [2.24, 2.45) is 0 Å². The first-order valence-corrected chi connectivity index (χ1v) is 9.38. The van der Waals surface area contributed by atoms with Crippen LogP contribution < -0.4 is 10.2 Å². The van der Waals surface area contributed by atoms with Crippen LogP contribution in [0.25, 0.3) is 0 Å². The Labute approximate surface area is 156 Å². The highest BCUT2D eigenvalue weighted by molar-refractivity contribution is 7.09. The lowest BCUT2D eigenvalue weighted by Crippen LogP contribution is -2.47. The molecule has 2 heterocycles. The van der Waals surface area contributed by atoms with Crippen molar-refractivity contribution >= 4 is 28.8 Å². The van der Waals surface area contributed by atoms with Gasteiger partial charge in [0.2, 0.25) is 5.91 Å². The van der Waals surface area contributed by atoms with Gasteiger partial charge in [0.25, 0.3) is 5.91 Å². The predicted molar refractivity (Wildman–Crippen MR) is 103 cm³/mol. The Bertz CT molecular complexity index is 922. The molecule has 0 saturated carbocycles. The molecule has 26 heavy (non-hydrogen) atoms. The number of para-hydroxylation sites is 1. The van der Waals surface area contributed by atoms with Crippen LogP contribution in [0.5, 0.6) is 0 Å². The van der Waals surface area contributed by atoms with Crippen LogP contribution >= 0.6 is 11.3 Å². The fourth-order valence-corrected chi connectivity index (χ4v) is 3.92. The average molecular weight is 362 g/mol. The van der Waals surface area contributed by atoms with E-state index in [0.717, 1.165) is 16.1 Å². The zero-order chi connectivity index (χ0) is 17.9. The van der Waals surface area contributed by atoms with Crippen molar-refractivity contribution in [3.05, 3.63) is 88.1 Å². The summed E-state index contributed by atoms with van der Waals surface area (Å²) in [7, 11) is 0. The van der Waals surface area contributed by atoms with Crippen molar-refractivity contribution in [2.75, 3.05) is 4.90 Å². The van der Waals surface area contributed by atoms with Gasteiger partial charge < -0.3 is 5.32 Å². The zero-order valence-electron chi connectivity index (χ0n) is 14.1. The first-order chi connectivity index (χ1) is 12.7. The molecule has 1 aromatic heterocycles. The van der Waals surface area contributed by atoms with Crippen LogP contribution in [0.4, 0.5) is 5.69 Å². The number of rotatable bonds is 4. The maximum absolute atomic E-state index is 13.1. The lowest BCUT2D eigenvalue weighted by Gasteiger charge is -2.25. The van der Waals surface area contributed by atoms with Gasteiger partial charge in [-0.05, 0) is 35.2 Å². The first-order valence-electron chi connectivity index (χ1n) is 8.50. The molecule has 2 amide bonds. The Kier molecular flexibility index (Phi) is 4.54. The monoisotopic (exact) mass is 362 g/mol. The summed E-state index contributed by atoms with van der Waals surface area (Å²) in [6, 6.07) is 20.3. The van der Waals surface area contributed by atoms with Gasteiger partial charge in [0.1, 0.15) is 6.04 Å². The Morgan fingerprint density at radius 2 is 1.77 bits per heavy atom. The van der Waals surface area contributed by atoms with Crippen LogP contribution in [-0.4, -0.2) is 17.9 Å². The van der Waals surface area contributed by atoms with Crippen molar-refractivity contribution in [1.29, 1.82) is 0 Å². The van der Waals surface area contributed by atoms with E-state index < -0.39 is 6.04 Å². The maximum atomic E-state index is 13.1. The fourth-order valence-electron chi connectivity index (χ4n) is 3.27. The molecule has 0 bridgehead atoms. The van der Waals surface area contributed by atoms with Gasteiger partial charge in [0.05, 0.1) is 6.54 Å². The summed E-state index contributed by atoms with van der Waals surface area (Å²) in [4.78, 5) is 28.7. The molecule has 1 N–H and O–H groups in total. The zero-order valence-corrected chi connectivity index (χ0v) is 14.9. The molecule has 5 heteroatoms. The third-order valence-electron chi connectivity index (χ3n) is 4.54. The number of benzene rings is 2. The number of nitrogens with one attached hydrogen (secondary N) is 1. The Morgan fingerprint density at radius 3 is 2.54 bits per heavy atom. The van der Waals surface area contributed by atoms with E-state index in [1.165, 1.54) is 0 Å². The van der Waals surface area contributed by atoms with Crippen LogP contribution in [0.2, 0.25) is 0 Å². The molecule has 1 atom stereocenters. The second-order valence-corrected chi connectivity index (χ2v) is 7.22. The van der Waals surface area contributed by atoms with Gasteiger partial charge in [-0.1, -0.05) is 42.5 Å². The normalized spacial score (nSPS) is 15.5. The second kappa shape index (κ2) is 7.14. The summed E-state index contributed by atoms with van der Waals surface area (Å²) >= 11 is 1.60. The number of hydrogen-bond donors (Lipinski definition) is 1. The summed E-state index contributed by atoms with van der Waals surface area (Å²) in [6.45, 7) is 0.483. The van der Waals surface area contributed by atoms with Crippen molar-refractivity contribution in [3.8, 4) is 0 Å². The van der Waals surface area contributed by atoms with E-state index >= 15 is 0 Å². The van der Waals surface area contributed by atoms with Gasteiger partial charge in [0, 0.05) is 22.5 Å². The van der Waals surface area contributed by atoms with Gasteiger partial charge in [-0.15, -0.1) is 11.3 Å². The first kappa shape index (κ1) is 16.5. The topological polar surface area (TPSA) is 49.4 Å². The quantitative estimate of drug-likeness (QED) is 0.770. The van der Waals surface area contributed by atoms with Gasteiger partial charge in [-0.2, -0.15) is 0 Å². The Morgan fingerprint density at radius 1 is 1.00 bits per heavy atom. The number of nitrogens with zero attached hydrogens (tertiary/aromatic N) is 1. The number of hydrogen-bond acceptors (Lipinski definition) is 3. The minimum absolute atomic E-state index is 0.126. The summed E-state index contributed by atoms with van der Waals surface area (Å²) in [5.41, 5.74) is 2.42. The molecule has 0 saturated heterocycles. The number of amides is 2. The minimum atomic E-state index is -0.528. The Balaban J connectivity index is 1.61. The summed E-state index contributed by atoms with van der Waals surface area (Å²) in [5, 5.41) is 4.96. The molecule has 3 aromatic rings. The third-order valence-corrected chi connectivity index (χ3v) is 5.41. The molecular weight excluding hydrogens is 344 g/mol. The largest absolute Gasteiger partial charge is 0.349 e. The molecule has 0 radical (unpaired) electrons. The van der Waals surface area contributed by atoms with Crippen molar-refractivity contribution in [2.45, 2.75) is 19.0 Å². The van der Waals surface area contributed by atoms with Crippen molar-refractivity contribution in [3.63, 3.8) is 0 Å². The fraction of sp³-hybridized carbons (Fsp3) is 0.143. The van der Waals surface area contributed by atoms with Crippen LogP contribution in [0.3, 0.4) is 0 Å². The van der Waals surface area contributed by atoms with Crippen molar-refractivity contribution < 1.29 is 9.59 Å². The van der Waals surface area contributed by atoms with E-state index in [-0.39, 0.29) is 11.8 Å². The minimum Gasteiger partial charge on any atom is -0.349 e. The number of anilines is 1. The maximum Gasteiger partial charge on any atom is 0.259 e. The lowest BCUT2D eigenvalue weighted by atomic mass is 10.1. The summed E-state index contributed by atoms with van der Waals surface area (Å²) in [5.74, 6) is -0.272. The molecule has 0 fully saturated rings. The smallest absolute Gasteiger partial charge is 0.259 e. The lowest BCUT2D eigenvalue weighted by molar-refractivity contribution is -0.122. The summed E-state index contributed by atoms with van der Waals surface area (Å²) < 4.78 is 0. The molecule has 1 aliphatic rings. The van der Waals surface area contributed by atoms with E-state index in [1.807, 2.05) is 60.0 Å². The van der Waals surface area contributed by atoms with Gasteiger partial charge >= 0.3 is 0 Å². The number of carbonyl (C=O) groups is 2. The molecule has 0 spiro atoms. The van der Waals surface area contributed by atoms with Crippen molar-refractivity contribution in [1.82, 2.24) is 5.32 Å². The van der Waals surface area contributed by atoms with Gasteiger partial charge in [-0.25, -0.2) is 0 Å².